The van der Waals surface area contributed by atoms with Crippen LogP contribution in [0.3, 0.4) is 0 Å². The molecular weight excluding hydrogens is 270 g/mol. The molecule has 0 saturated carbocycles. The number of hydrogen-bond donors (Lipinski definition) is 1. The molecule has 0 spiro atoms. The van der Waals surface area contributed by atoms with Crippen molar-refractivity contribution >= 4 is 17.7 Å². The molecule has 0 aliphatic rings. The fourth-order valence-corrected chi connectivity index (χ4v) is 2.51. The third-order valence-corrected chi connectivity index (χ3v) is 3.72. The summed E-state index contributed by atoms with van der Waals surface area (Å²) >= 11 is 1.08. The summed E-state index contributed by atoms with van der Waals surface area (Å²) < 4.78 is 25.6. The van der Waals surface area contributed by atoms with E-state index in [0.29, 0.717) is 10.5 Å². The lowest BCUT2D eigenvalue weighted by Crippen LogP contribution is -2.07. The molecule has 2 aromatic carbocycles. The summed E-state index contributed by atoms with van der Waals surface area (Å²) in [7, 11) is 0. The number of halogens is 2. The van der Waals surface area contributed by atoms with Gasteiger partial charge in [0.05, 0.1) is 0 Å². The minimum absolute atomic E-state index is 0.377. The second-order valence-electron chi connectivity index (χ2n) is 3.84. The molecule has 19 heavy (non-hydrogen) atoms. The van der Waals surface area contributed by atoms with Crippen LogP contribution in [0.15, 0.2) is 53.4 Å². The van der Waals surface area contributed by atoms with Crippen LogP contribution >= 0.6 is 11.8 Å². The van der Waals surface area contributed by atoms with Gasteiger partial charge in [-0.1, -0.05) is 12.1 Å². The third-order valence-electron chi connectivity index (χ3n) is 2.46. The van der Waals surface area contributed by atoms with E-state index >= 15 is 0 Å². The molecule has 0 bridgehead atoms. The first-order chi connectivity index (χ1) is 9.06. The Bertz CT molecular complexity index is 567. The summed E-state index contributed by atoms with van der Waals surface area (Å²) in [6, 6.07) is 10.9. The summed E-state index contributed by atoms with van der Waals surface area (Å²) in [4.78, 5) is 11.9. The Hall–Kier alpha value is -1.88. The molecule has 0 aromatic heterocycles. The van der Waals surface area contributed by atoms with Crippen molar-refractivity contribution in [2.75, 3.05) is 0 Å². The van der Waals surface area contributed by atoms with Crippen LogP contribution < -0.4 is 0 Å². The zero-order chi connectivity index (χ0) is 13.8. The Balaban J connectivity index is 2.23. The van der Waals surface area contributed by atoms with Gasteiger partial charge in [-0.3, -0.25) is 4.79 Å². The van der Waals surface area contributed by atoms with E-state index in [1.54, 1.807) is 0 Å². The van der Waals surface area contributed by atoms with E-state index in [9.17, 15) is 18.7 Å². The van der Waals surface area contributed by atoms with Gasteiger partial charge in [-0.25, -0.2) is 8.78 Å². The molecule has 2 aromatic rings. The number of aliphatic carboxylic acids is 1. The van der Waals surface area contributed by atoms with Gasteiger partial charge in [0.25, 0.3) is 0 Å². The largest absolute Gasteiger partial charge is 0.480 e. The van der Waals surface area contributed by atoms with Gasteiger partial charge in [0, 0.05) is 4.90 Å². The minimum atomic E-state index is -1.03. The SMILES string of the molecule is O=C(O)C(Sc1ccc(F)cc1)c1ccc(F)cc1. The first-order valence-electron chi connectivity index (χ1n) is 5.47. The molecule has 0 amide bonds. The monoisotopic (exact) mass is 280 g/mol. The first-order valence-corrected chi connectivity index (χ1v) is 6.35. The molecule has 0 heterocycles. The van der Waals surface area contributed by atoms with Crippen LogP contribution in [0.25, 0.3) is 0 Å². The average molecular weight is 280 g/mol. The topological polar surface area (TPSA) is 37.3 Å². The maximum atomic E-state index is 12.8. The summed E-state index contributed by atoms with van der Waals surface area (Å²) in [5.41, 5.74) is 0.489. The lowest BCUT2D eigenvalue weighted by atomic mass is 10.1. The molecule has 2 rings (SSSR count). The molecule has 98 valence electrons. The summed E-state index contributed by atoms with van der Waals surface area (Å²) in [5.74, 6) is -1.82. The van der Waals surface area contributed by atoms with Gasteiger partial charge in [-0.15, -0.1) is 11.8 Å². The molecule has 0 aliphatic heterocycles. The Morgan fingerprint density at radius 1 is 0.947 bits per heavy atom. The van der Waals surface area contributed by atoms with Crippen LogP contribution in [0, 0.1) is 11.6 Å². The standard InChI is InChI=1S/C14H10F2O2S/c15-10-3-1-9(2-4-10)13(14(17)18)19-12-7-5-11(16)6-8-12/h1-8,13H,(H,17,18). The van der Waals surface area contributed by atoms with Crippen molar-refractivity contribution in [1.29, 1.82) is 0 Å². The summed E-state index contributed by atoms with van der Waals surface area (Å²) in [5, 5.41) is 8.37. The highest BCUT2D eigenvalue weighted by atomic mass is 32.2. The second kappa shape index (κ2) is 5.84. The predicted octanol–water partition coefficient (Wildman–Crippen LogP) is 3.88. The van der Waals surface area contributed by atoms with Crippen LogP contribution in [0.2, 0.25) is 0 Å². The van der Waals surface area contributed by atoms with Gasteiger partial charge in [-0.05, 0) is 42.0 Å². The number of rotatable bonds is 4. The van der Waals surface area contributed by atoms with E-state index in [0.717, 1.165) is 11.8 Å². The number of carboxylic acid groups (broad SMARTS) is 1. The van der Waals surface area contributed by atoms with Gasteiger partial charge in [0.15, 0.2) is 0 Å². The first kappa shape index (κ1) is 13.5. The van der Waals surface area contributed by atoms with E-state index in [4.69, 9.17) is 0 Å². The number of thioether (sulfide) groups is 1. The van der Waals surface area contributed by atoms with E-state index in [1.165, 1.54) is 48.5 Å². The lowest BCUT2D eigenvalue weighted by molar-refractivity contribution is -0.136. The maximum absolute atomic E-state index is 12.8. The Morgan fingerprint density at radius 2 is 1.42 bits per heavy atom. The molecule has 0 saturated heterocycles. The Morgan fingerprint density at radius 3 is 1.89 bits per heavy atom. The van der Waals surface area contributed by atoms with E-state index in [2.05, 4.69) is 0 Å². The van der Waals surface area contributed by atoms with Crippen LogP contribution in [0.4, 0.5) is 8.78 Å². The fourth-order valence-electron chi connectivity index (χ4n) is 1.55. The average Bonchev–Trinajstić information content (AvgIpc) is 2.39. The van der Waals surface area contributed by atoms with Gasteiger partial charge in [-0.2, -0.15) is 0 Å². The number of hydrogen-bond acceptors (Lipinski definition) is 2. The van der Waals surface area contributed by atoms with Crippen molar-refractivity contribution in [2.24, 2.45) is 0 Å². The van der Waals surface area contributed by atoms with E-state index < -0.39 is 17.0 Å². The van der Waals surface area contributed by atoms with Crippen LogP contribution in [-0.4, -0.2) is 11.1 Å². The summed E-state index contributed by atoms with van der Waals surface area (Å²) in [6.45, 7) is 0. The van der Waals surface area contributed by atoms with Crippen molar-refractivity contribution < 1.29 is 18.7 Å². The molecular formula is C14H10F2O2S. The molecule has 0 radical (unpaired) electrons. The lowest BCUT2D eigenvalue weighted by Gasteiger charge is -2.12. The highest BCUT2D eigenvalue weighted by Crippen LogP contribution is 2.35. The van der Waals surface area contributed by atoms with Gasteiger partial charge in [0.1, 0.15) is 16.9 Å². The van der Waals surface area contributed by atoms with Crippen LogP contribution in [0.5, 0.6) is 0 Å². The molecule has 0 aliphatic carbocycles. The fraction of sp³-hybridized carbons (Fsp3) is 0.0714. The Kier molecular flexibility index (Phi) is 4.16. The zero-order valence-corrected chi connectivity index (χ0v) is 10.5. The number of carboxylic acids is 1. The van der Waals surface area contributed by atoms with Crippen LogP contribution in [0.1, 0.15) is 10.8 Å². The third kappa shape index (κ3) is 3.54. The summed E-state index contributed by atoms with van der Waals surface area (Å²) in [6.07, 6.45) is 0. The smallest absolute Gasteiger partial charge is 0.321 e. The van der Waals surface area contributed by atoms with Crippen molar-refractivity contribution in [1.82, 2.24) is 0 Å². The van der Waals surface area contributed by atoms with Crippen molar-refractivity contribution in [3.8, 4) is 0 Å². The molecule has 1 atom stereocenters. The Labute approximate surface area is 113 Å². The van der Waals surface area contributed by atoms with Crippen molar-refractivity contribution in [3.05, 3.63) is 65.7 Å². The molecule has 0 fully saturated rings. The van der Waals surface area contributed by atoms with E-state index in [1.807, 2.05) is 0 Å². The zero-order valence-electron chi connectivity index (χ0n) is 9.72. The molecule has 1 N–H and O–H groups in total. The predicted molar refractivity (Wildman–Crippen MR) is 69.0 cm³/mol. The van der Waals surface area contributed by atoms with Gasteiger partial charge in [0.2, 0.25) is 0 Å². The number of benzene rings is 2. The normalized spacial score (nSPS) is 12.1. The quantitative estimate of drug-likeness (QED) is 0.863. The second-order valence-corrected chi connectivity index (χ2v) is 5.02. The van der Waals surface area contributed by atoms with Crippen LogP contribution in [-0.2, 0) is 4.79 Å². The van der Waals surface area contributed by atoms with Crippen molar-refractivity contribution in [3.63, 3.8) is 0 Å². The maximum Gasteiger partial charge on any atom is 0.321 e. The molecule has 5 heteroatoms. The van der Waals surface area contributed by atoms with E-state index in [-0.39, 0.29) is 5.82 Å². The van der Waals surface area contributed by atoms with Crippen molar-refractivity contribution in [2.45, 2.75) is 10.1 Å². The van der Waals surface area contributed by atoms with Gasteiger partial charge >= 0.3 is 5.97 Å². The molecule has 2 nitrogen and oxygen atoms in total. The number of carbonyl (C=O) groups is 1. The highest BCUT2D eigenvalue weighted by molar-refractivity contribution is 8.00. The highest BCUT2D eigenvalue weighted by Gasteiger charge is 2.21. The van der Waals surface area contributed by atoms with Gasteiger partial charge < -0.3 is 5.11 Å². The molecule has 1 unspecified atom stereocenters. The minimum Gasteiger partial charge on any atom is -0.480 e.